The number of piperazine rings is 1. The maximum absolute atomic E-state index is 13.8. The SMILES string of the molecule is C[C@@H]1CN(c2cccc(F)c2[N+](=O)[O-])CCN1C(=O)OC(C)(C)C. The van der Waals surface area contributed by atoms with Crippen molar-refractivity contribution in [3.63, 3.8) is 0 Å². The topological polar surface area (TPSA) is 75.9 Å². The molecule has 1 fully saturated rings. The number of amides is 1. The quantitative estimate of drug-likeness (QED) is 0.611. The van der Waals surface area contributed by atoms with Gasteiger partial charge < -0.3 is 14.5 Å². The van der Waals surface area contributed by atoms with E-state index in [2.05, 4.69) is 0 Å². The lowest BCUT2D eigenvalue weighted by molar-refractivity contribution is -0.386. The molecule has 0 unspecified atom stereocenters. The van der Waals surface area contributed by atoms with Gasteiger partial charge in [0.15, 0.2) is 0 Å². The number of hydrogen-bond donors (Lipinski definition) is 0. The number of carbonyl (C=O) groups is 1. The number of halogens is 1. The second kappa shape index (κ2) is 6.62. The predicted octanol–water partition coefficient (Wildman–Crippen LogP) is 3.18. The number of nitro groups is 1. The highest BCUT2D eigenvalue weighted by atomic mass is 19.1. The standard InChI is InChI=1S/C16H22FN3O4/c1-11-10-18(8-9-19(11)15(21)24-16(2,3)4)13-7-5-6-12(17)14(13)20(22)23/h5-7,11H,8-10H2,1-4H3/t11-/m1/s1. The zero-order valence-electron chi connectivity index (χ0n) is 14.3. The highest BCUT2D eigenvalue weighted by molar-refractivity contribution is 5.70. The van der Waals surface area contributed by atoms with Crippen molar-refractivity contribution in [2.24, 2.45) is 0 Å². The fraction of sp³-hybridized carbons (Fsp3) is 0.562. The van der Waals surface area contributed by atoms with E-state index in [1.165, 1.54) is 12.1 Å². The van der Waals surface area contributed by atoms with Gasteiger partial charge in [0.25, 0.3) is 0 Å². The summed E-state index contributed by atoms with van der Waals surface area (Å²) < 4.78 is 19.2. The van der Waals surface area contributed by atoms with E-state index in [4.69, 9.17) is 4.74 Å². The zero-order valence-corrected chi connectivity index (χ0v) is 14.3. The summed E-state index contributed by atoms with van der Waals surface area (Å²) in [6.07, 6.45) is -0.414. The minimum absolute atomic E-state index is 0.212. The number of ether oxygens (including phenoxy) is 1. The average Bonchev–Trinajstić information content (AvgIpc) is 2.44. The van der Waals surface area contributed by atoms with Crippen molar-refractivity contribution < 1.29 is 18.8 Å². The molecule has 0 aromatic heterocycles. The van der Waals surface area contributed by atoms with Crippen molar-refractivity contribution in [3.8, 4) is 0 Å². The summed E-state index contributed by atoms with van der Waals surface area (Å²) in [4.78, 5) is 26.0. The van der Waals surface area contributed by atoms with Gasteiger partial charge in [0.05, 0.1) is 4.92 Å². The Kier molecular flexibility index (Phi) is 4.96. The van der Waals surface area contributed by atoms with Gasteiger partial charge in [-0.2, -0.15) is 4.39 Å². The highest BCUT2D eigenvalue weighted by Crippen LogP contribution is 2.32. The van der Waals surface area contributed by atoms with Crippen LogP contribution in [-0.2, 0) is 4.74 Å². The Morgan fingerprint density at radius 2 is 2.04 bits per heavy atom. The summed E-state index contributed by atoms with van der Waals surface area (Å²) in [5.41, 5.74) is -0.888. The number of nitrogens with zero attached hydrogens (tertiary/aromatic N) is 3. The van der Waals surface area contributed by atoms with E-state index >= 15 is 0 Å². The van der Waals surface area contributed by atoms with E-state index in [0.29, 0.717) is 19.6 Å². The third kappa shape index (κ3) is 3.93. The predicted molar refractivity (Wildman–Crippen MR) is 87.7 cm³/mol. The van der Waals surface area contributed by atoms with Gasteiger partial charge in [-0.25, -0.2) is 4.79 Å². The van der Waals surface area contributed by atoms with Gasteiger partial charge in [-0.15, -0.1) is 0 Å². The Balaban J connectivity index is 2.16. The van der Waals surface area contributed by atoms with Crippen molar-refractivity contribution in [3.05, 3.63) is 34.1 Å². The van der Waals surface area contributed by atoms with Gasteiger partial charge >= 0.3 is 11.8 Å². The summed E-state index contributed by atoms with van der Waals surface area (Å²) in [5.74, 6) is -0.861. The highest BCUT2D eigenvalue weighted by Gasteiger charge is 2.33. The van der Waals surface area contributed by atoms with Gasteiger partial charge in [0.2, 0.25) is 5.82 Å². The average molecular weight is 339 g/mol. The summed E-state index contributed by atoms with van der Waals surface area (Å²) in [6, 6.07) is 3.83. The van der Waals surface area contributed by atoms with Crippen LogP contribution >= 0.6 is 0 Å². The Morgan fingerprint density at radius 1 is 1.38 bits per heavy atom. The molecule has 0 aliphatic carbocycles. The molecule has 1 saturated heterocycles. The summed E-state index contributed by atoms with van der Waals surface area (Å²) >= 11 is 0. The number of anilines is 1. The Labute approximate surface area is 140 Å². The lowest BCUT2D eigenvalue weighted by Gasteiger charge is -2.40. The fourth-order valence-corrected chi connectivity index (χ4v) is 2.71. The molecule has 0 saturated carbocycles. The van der Waals surface area contributed by atoms with Gasteiger partial charge in [0, 0.05) is 25.7 Å². The van der Waals surface area contributed by atoms with E-state index in [1.807, 2.05) is 6.92 Å². The molecule has 132 valence electrons. The fourth-order valence-electron chi connectivity index (χ4n) is 2.71. The Bertz CT molecular complexity index is 645. The van der Waals surface area contributed by atoms with Gasteiger partial charge in [-0.1, -0.05) is 6.07 Å². The third-order valence-electron chi connectivity index (χ3n) is 3.74. The van der Waals surface area contributed by atoms with Crippen LogP contribution in [0.25, 0.3) is 0 Å². The molecule has 0 N–H and O–H groups in total. The maximum atomic E-state index is 13.8. The van der Waals surface area contributed by atoms with Crippen LogP contribution in [0.5, 0.6) is 0 Å². The molecule has 8 heteroatoms. The minimum Gasteiger partial charge on any atom is -0.444 e. The first-order valence-electron chi connectivity index (χ1n) is 7.77. The van der Waals surface area contributed by atoms with Crippen LogP contribution in [0, 0.1) is 15.9 Å². The van der Waals surface area contributed by atoms with Crippen molar-refractivity contribution >= 4 is 17.5 Å². The van der Waals surface area contributed by atoms with Crippen LogP contribution in [0.3, 0.4) is 0 Å². The molecule has 0 spiro atoms. The zero-order chi connectivity index (χ0) is 18.1. The van der Waals surface area contributed by atoms with Crippen LogP contribution in [0.15, 0.2) is 18.2 Å². The number of benzene rings is 1. The van der Waals surface area contributed by atoms with E-state index in [0.717, 1.165) is 6.07 Å². The third-order valence-corrected chi connectivity index (χ3v) is 3.74. The first kappa shape index (κ1) is 18.0. The molecule has 1 aromatic rings. The largest absolute Gasteiger partial charge is 0.444 e. The van der Waals surface area contributed by atoms with Crippen LogP contribution in [-0.4, -0.2) is 47.2 Å². The van der Waals surface area contributed by atoms with Gasteiger partial charge in [-0.3, -0.25) is 10.1 Å². The van der Waals surface area contributed by atoms with Crippen molar-refractivity contribution in [1.82, 2.24) is 4.90 Å². The Morgan fingerprint density at radius 3 is 2.58 bits per heavy atom. The van der Waals surface area contributed by atoms with Gasteiger partial charge in [0.1, 0.15) is 11.3 Å². The second-order valence-corrected chi connectivity index (χ2v) is 6.83. The first-order chi connectivity index (χ1) is 11.1. The second-order valence-electron chi connectivity index (χ2n) is 6.83. The molecule has 0 radical (unpaired) electrons. The van der Waals surface area contributed by atoms with Crippen LogP contribution in [0.1, 0.15) is 27.7 Å². The lowest BCUT2D eigenvalue weighted by atomic mass is 10.1. The number of rotatable bonds is 2. The monoisotopic (exact) mass is 339 g/mol. The summed E-state index contributed by atoms with van der Waals surface area (Å²) in [5, 5.41) is 11.2. The van der Waals surface area contributed by atoms with Crippen molar-refractivity contribution in [1.29, 1.82) is 0 Å². The smallest absolute Gasteiger partial charge is 0.410 e. The molecule has 1 aromatic carbocycles. The van der Waals surface area contributed by atoms with Gasteiger partial charge in [-0.05, 0) is 39.8 Å². The molecule has 1 aliphatic rings. The number of nitro benzene ring substituents is 1. The molecule has 1 heterocycles. The minimum atomic E-state index is -0.861. The Hall–Kier alpha value is -2.38. The molecular weight excluding hydrogens is 317 g/mol. The normalized spacial score (nSPS) is 18.5. The van der Waals surface area contributed by atoms with Crippen molar-refractivity contribution in [2.75, 3.05) is 24.5 Å². The van der Waals surface area contributed by atoms with Crippen LogP contribution in [0.2, 0.25) is 0 Å². The molecule has 2 rings (SSSR count). The van der Waals surface area contributed by atoms with E-state index < -0.39 is 28.1 Å². The van der Waals surface area contributed by atoms with E-state index in [1.54, 1.807) is 30.6 Å². The molecule has 7 nitrogen and oxygen atoms in total. The maximum Gasteiger partial charge on any atom is 0.410 e. The molecule has 1 amide bonds. The molecule has 24 heavy (non-hydrogen) atoms. The lowest BCUT2D eigenvalue weighted by Crippen LogP contribution is -2.55. The van der Waals surface area contributed by atoms with E-state index in [9.17, 15) is 19.3 Å². The van der Waals surface area contributed by atoms with Crippen LogP contribution in [0.4, 0.5) is 20.6 Å². The number of para-hydroxylation sites is 1. The summed E-state index contributed by atoms with van der Waals surface area (Å²) in [6.45, 7) is 8.30. The molecule has 0 bridgehead atoms. The van der Waals surface area contributed by atoms with Crippen LogP contribution < -0.4 is 4.90 Å². The number of carbonyl (C=O) groups excluding carboxylic acids is 1. The van der Waals surface area contributed by atoms with E-state index in [-0.39, 0.29) is 11.7 Å². The first-order valence-corrected chi connectivity index (χ1v) is 7.77. The molecule has 1 aliphatic heterocycles. The summed E-state index contributed by atoms with van der Waals surface area (Å²) in [7, 11) is 0. The molecular formula is C16H22FN3O4. The molecule has 1 atom stereocenters. The number of hydrogen-bond acceptors (Lipinski definition) is 5. The van der Waals surface area contributed by atoms with Crippen molar-refractivity contribution in [2.45, 2.75) is 39.3 Å².